The van der Waals surface area contributed by atoms with E-state index < -0.39 is 0 Å². The molecule has 0 atom stereocenters. The molecule has 2 rings (SSSR count). The van der Waals surface area contributed by atoms with E-state index in [1.54, 1.807) is 24.4 Å². The van der Waals surface area contributed by atoms with Crippen LogP contribution in [0.1, 0.15) is 16.2 Å². The van der Waals surface area contributed by atoms with Gasteiger partial charge in [-0.15, -0.1) is 24.0 Å². The van der Waals surface area contributed by atoms with Crippen molar-refractivity contribution in [2.45, 2.75) is 6.42 Å². The predicted molar refractivity (Wildman–Crippen MR) is 79.6 cm³/mol. The summed E-state index contributed by atoms with van der Waals surface area (Å²) in [5.41, 5.74) is 1.22. The van der Waals surface area contributed by atoms with Gasteiger partial charge in [-0.25, -0.2) is 4.98 Å². The smallest absolute Gasteiger partial charge is 0.187 e. The Morgan fingerprint density at radius 2 is 2.00 bits per heavy atom. The third-order valence-corrected chi connectivity index (χ3v) is 2.51. The zero-order valence-electron chi connectivity index (χ0n) is 8.84. The van der Waals surface area contributed by atoms with Gasteiger partial charge >= 0.3 is 0 Å². The third-order valence-electron chi connectivity index (χ3n) is 2.07. The van der Waals surface area contributed by atoms with Gasteiger partial charge in [-0.2, -0.15) is 0 Å². The minimum absolute atomic E-state index is 0. The number of aromatic nitrogens is 2. The van der Waals surface area contributed by atoms with Crippen LogP contribution in [0.3, 0.4) is 0 Å². The van der Waals surface area contributed by atoms with Crippen LogP contribution in [0.25, 0.3) is 0 Å². The minimum atomic E-state index is -0.0278. The van der Waals surface area contributed by atoms with Crippen molar-refractivity contribution >= 4 is 45.7 Å². The Morgan fingerprint density at radius 3 is 2.65 bits per heavy atom. The van der Waals surface area contributed by atoms with E-state index in [4.69, 9.17) is 0 Å². The van der Waals surface area contributed by atoms with Crippen molar-refractivity contribution in [3.63, 3.8) is 0 Å². The maximum atomic E-state index is 11.8. The molecular formula is C12H10BrIN2O. The van der Waals surface area contributed by atoms with Crippen molar-refractivity contribution in [2.24, 2.45) is 0 Å². The average molecular weight is 405 g/mol. The van der Waals surface area contributed by atoms with E-state index in [9.17, 15) is 4.79 Å². The number of pyridine rings is 2. The van der Waals surface area contributed by atoms with Crippen LogP contribution in [0.2, 0.25) is 0 Å². The molecule has 88 valence electrons. The van der Waals surface area contributed by atoms with Gasteiger partial charge in [-0.1, -0.05) is 12.1 Å². The molecule has 0 aromatic carbocycles. The summed E-state index contributed by atoms with van der Waals surface area (Å²) in [5, 5.41) is 0. The van der Waals surface area contributed by atoms with Crippen LogP contribution in [-0.2, 0) is 6.42 Å². The number of hydrogen-bond donors (Lipinski definition) is 0. The molecule has 0 fully saturated rings. The number of hydrogen-bond acceptors (Lipinski definition) is 3. The molecule has 0 spiro atoms. The molecule has 0 N–H and O–H groups in total. The maximum Gasteiger partial charge on any atom is 0.187 e. The molecule has 0 bridgehead atoms. The molecule has 17 heavy (non-hydrogen) atoms. The standard InChI is InChI=1S/C12H9BrN2O.HI/c13-12-6-3-5-10(15-12)11(16)8-9-4-1-2-7-14-9;/h1-7H,8H2;1H. The summed E-state index contributed by atoms with van der Waals surface area (Å²) in [6.45, 7) is 0. The normalized spacial score (nSPS) is 9.47. The summed E-state index contributed by atoms with van der Waals surface area (Å²) in [6, 6.07) is 10.8. The van der Waals surface area contributed by atoms with Crippen molar-refractivity contribution < 1.29 is 4.79 Å². The number of carbonyl (C=O) groups excluding carboxylic acids is 1. The van der Waals surface area contributed by atoms with Gasteiger partial charge < -0.3 is 0 Å². The average Bonchev–Trinajstić information content (AvgIpc) is 2.30. The Labute approximate surface area is 125 Å². The monoisotopic (exact) mass is 404 g/mol. The van der Waals surface area contributed by atoms with E-state index in [1.165, 1.54) is 0 Å². The molecule has 0 aliphatic heterocycles. The Hall–Kier alpha value is -0.820. The molecule has 0 unspecified atom stereocenters. The van der Waals surface area contributed by atoms with Crippen LogP contribution in [0.4, 0.5) is 0 Å². The number of ketones is 1. The third kappa shape index (κ3) is 4.16. The largest absolute Gasteiger partial charge is 0.292 e. The molecule has 0 saturated carbocycles. The fourth-order valence-electron chi connectivity index (χ4n) is 1.32. The number of Topliss-reactive ketones (excluding diaryl/α,β-unsaturated/α-hetero) is 1. The highest BCUT2D eigenvalue weighted by Crippen LogP contribution is 2.08. The van der Waals surface area contributed by atoms with Crippen molar-refractivity contribution in [2.75, 3.05) is 0 Å². The van der Waals surface area contributed by atoms with E-state index in [0.29, 0.717) is 10.3 Å². The van der Waals surface area contributed by atoms with Gasteiger partial charge in [0.2, 0.25) is 0 Å². The lowest BCUT2D eigenvalue weighted by Gasteiger charge is -2.00. The zero-order valence-corrected chi connectivity index (χ0v) is 12.8. The van der Waals surface area contributed by atoms with E-state index in [-0.39, 0.29) is 36.2 Å². The van der Waals surface area contributed by atoms with Gasteiger partial charge in [0.05, 0.1) is 6.42 Å². The Morgan fingerprint density at radius 1 is 1.18 bits per heavy atom. The number of halogens is 2. The van der Waals surface area contributed by atoms with Crippen LogP contribution in [0.5, 0.6) is 0 Å². The highest BCUT2D eigenvalue weighted by molar-refractivity contribution is 14.0. The van der Waals surface area contributed by atoms with Gasteiger partial charge in [0.15, 0.2) is 5.78 Å². The fraction of sp³-hybridized carbons (Fsp3) is 0.0833. The van der Waals surface area contributed by atoms with Crippen LogP contribution < -0.4 is 0 Å². The van der Waals surface area contributed by atoms with Gasteiger partial charge in [0, 0.05) is 11.9 Å². The molecule has 0 aliphatic rings. The molecule has 3 nitrogen and oxygen atoms in total. The molecule has 0 amide bonds. The SMILES string of the molecule is I.O=C(Cc1ccccn1)c1cccc(Br)n1. The second-order valence-electron chi connectivity index (χ2n) is 3.27. The zero-order chi connectivity index (χ0) is 11.4. The van der Waals surface area contributed by atoms with Gasteiger partial charge in [0.25, 0.3) is 0 Å². The summed E-state index contributed by atoms with van der Waals surface area (Å²) in [4.78, 5) is 20.1. The molecule has 0 radical (unpaired) electrons. The van der Waals surface area contributed by atoms with Gasteiger partial charge in [-0.3, -0.25) is 9.78 Å². The van der Waals surface area contributed by atoms with Crippen LogP contribution in [-0.4, -0.2) is 15.8 Å². The second-order valence-corrected chi connectivity index (χ2v) is 4.08. The first-order chi connectivity index (χ1) is 7.75. The lowest BCUT2D eigenvalue weighted by atomic mass is 10.1. The highest BCUT2D eigenvalue weighted by atomic mass is 127. The quantitative estimate of drug-likeness (QED) is 0.448. The molecule has 0 aliphatic carbocycles. The summed E-state index contributed by atoms with van der Waals surface area (Å²) in [5.74, 6) is -0.0278. The molecule has 2 aromatic rings. The summed E-state index contributed by atoms with van der Waals surface area (Å²) in [7, 11) is 0. The first kappa shape index (κ1) is 14.2. The minimum Gasteiger partial charge on any atom is -0.292 e. The Kier molecular flexibility index (Phi) is 5.70. The first-order valence-corrected chi connectivity index (χ1v) is 5.60. The van der Waals surface area contributed by atoms with Crippen molar-refractivity contribution in [3.8, 4) is 0 Å². The number of rotatable bonds is 3. The molecular weight excluding hydrogens is 395 g/mol. The molecule has 5 heteroatoms. The van der Waals surface area contributed by atoms with E-state index in [1.807, 2.05) is 18.2 Å². The van der Waals surface area contributed by atoms with Crippen molar-refractivity contribution in [1.29, 1.82) is 0 Å². The number of nitrogens with zero attached hydrogens (tertiary/aromatic N) is 2. The molecule has 2 aromatic heterocycles. The fourth-order valence-corrected chi connectivity index (χ4v) is 1.66. The van der Waals surface area contributed by atoms with Crippen LogP contribution in [0, 0.1) is 0 Å². The summed E-state index contributed by atoms with van der Waals surface area (Å²) in [6.07, 6.45) is 1.96. The van der Waals surface area contributed by atoms with E-state index >= 15 is 0 Å². The first-order valence-electron chi connectivity index (χ1n) is 4.81. The lowest BCUT2D eigenvalue weighted by Crippen LogP contribution is -2.06. The second kappa shape index (κ2) is 6.80. The Balaban J connectivity index is 0.00000144. The van der Waals surface area contributed by atoms with Crippen molar-refractivity contribution in [3.05, 3.63) is 58.6 Å². The lowest BCUT2D eigenvalue weighted by molar-refractivity contribution is 0.0987. The van der Waals surface area contributed by atoms with Crippen LogP contribution in [0.15, 0.2) is 47.2 Å². The maximum absolute atomic E-state index is 11.8. The molecule has 0 saturated heterocycles. The van der Waals surface area contributed by atoms with E-state index in [0.717, 1.165) is 5.69 Å². The van der Waals surface area contributed by atoms with Crippen LogP contribution >= 0.6 is 39.9 Å². The summed E-state index contributed by atoms with van der Waals surface area (Å²) >= 11 is 3.24. The predicted octanol–water partition coefficient (Wildman–Crippen LogP) is 3.28. The summed E-state index contributed by atoms with van der Waals surface area (Å²) < 4.78 is 0.666. The highest BCUT2D eigenvalue weighted by Gasteiger charge is 2.09. The topological polar surface area (TPSA) is 42.9 Å². The van der Waals surface area contributed by atoms with Gasteiger partial charge in [0.1, 0.15) is 10.3 Å². The van der Waals surface area contributed by atoms with Crippen molar-refractivity contribution in [1.82, 2.24) is 9.97 Å². The Bertz CT molecular complexity index is 505. The van der Waals surface area contributed by atoms with E-state index in [2.05, 4.69) is 25.9 Å². The molecule has 2 heterocycles. The number of carbonyl (C=O) groups is 1. The van der Waals surface area contributed by atoms with Gasteiger partial charge in [-0.05, 0) is 40.2 Å².